The molecule has 0 aliphatic carbocycles. The molecule has 4 heteroatoms. The van der Waals surface area contributed by atoms with Gasteiger partial charge in [-0.1, -0.05) is 17.3 Å². The fourth-order valence-electron chi connectivity index (χ4n) is 2.42. The van der Waals surface area contributed by atoms with E-state index in [2.05, 4.69) is 35.7 Å². The van der Waals surface area contributed by atoms with Crippen molar-refractivity contribution in [2.24, 2.45) is 0 Å². The molecule has 0 atom stereocenters. The van der Waals surface area contributed by atoms with Gasteiger partial charge in [0.15, 0.2) is 0 Å². The van der Waals surface area contributed by atoms with Crippen LogP contribution in [0.4, 0.5) is 0 Å². The van der Waals surface area contributed by atoms with E-state index in [-0.39, 0.29) is 0 Å². The standard InChI is InChI=1S/C18H17NO2S/c1-12-17(13-6-10-16(22-3)11-7-13)18(19-21-12)14-4-8-15(20-2)9-5-14/h4-11H,1-3H3. The van der Waals surface area contributed by atoms with Crippen LogP contribution in [-0.4, -0.2) is 18.5 Å². The molecule has 0 saturated heterocycles. The van der Waals surface area contributed by atoms with E-state index in [1.807, 2.05) is 31.2 Å². The Balaban J connectivity index is 2.05. The van der Waals surface area contributed by atoms with E-state index >= 15 is 0 Å². The van der Waals surface area contributed by atoms with E-state index in [9.17, 15) is 0 Å². The van der Waals surface area contributed by atoms with Gasteiger partial charge in [0.1, 0.15) is 17.2 Å². The van der Waals surface area contributed by atoms with Crippen LogP contribution in [0.3, 0.4) is 0 Å². The van der Waals surface area contributed by atoms with Crippen molar-refractivity contribution in [3.63, 3.8) is 0 Å². The molecular formula is C18H17NO2S. The highest BCUT2D eigenvalue weighted by Crippen LogP contribution is 2.35. The van der Waals surface area contributed by atoms with Crippen LogP contribution < -0.4 is 4.74 Å². The lowest BCUT2D eigenvalue weighted by atomic mass is 9.99. The smallest absolute Gasteiger partial charge is 0.142 e. The number of methoxy groups -OCH3 is 1. The second kappa shape index (κ2) is 6.28. The minimum absolute atomic E-state index is 0.822. The fraction of sp³-hybridized carbons (Fsp3) is 0.167. The van der Waals surface area contributed by atoms with Crippen molar-refractivity contribution < 1.29 is 9.26 Å². The molecule has 0 radical (unpaired) electrons. The first kappa shape index (κ1) is 14.7. The molecular weight excluding hydrogens is 294 g/mol. The predicted octanol–water partition coefficient (Wildman–Crippen LogP) is 5.05. The molecule has 0 unspecified atom stereocenters. The Morgan fingerprint density at radius 2 is 1.59 bits per heavy atom. The van der Waals surface area contributed by atoms with E-state index in [4.69, 9.17) is 9.26 Å². The SMILES string of the molecule is COc1ccc(-c2noc(C)c2-c2ccc(SC)cc2)cc1. The number of hydrogen-bond acceptors (Lipinski definition) is 4. The number of rotatable bonds is 4. The summed E-state index contributed by atoms with van der Waals surface area (Å²) in [5.74, 6) is 1.65. The lowest BCUT2D eigenvalue weighted by Crippen LogP contribution is -1.86. The highest BCUT2D eigenvalue weighted by Gasteiger charge is 2.16. The van der Waals surface area contributed by atoms with Crippen molar-refractivity contribution in [1.82, 2.24) is 5.16 Å². The summed E-state index contributed by atoms with van der Waals surface area (Å²) >= 11 is 1.73. The fourth-order valence-corrected chi connectivity index (χ4v) is 2.82. The van der Waals surface area contributed by atoms with E-state index in [1.54, 1.807) is 18.9 Å². The summed E-state index contributed by atoms with van der Waals surface area (Å²) in [5.41, 5.74) is 4.03. The predicted molar refractivity (Wildman–Crippen MR) is 90.4 cm³/mol. The maximum absolute atomic E-state index is 5.43. The molecule has 1 heterocycles. The van der Waals surface area contributed by atoms with Crippen molar-refractivity contribution >= 4 is 11.8 Å². The Kier molecular flexibility index (Phi) is 4.20. The summed E-state index contributed by atoms with van der Waals surface area (Å²) in [6, 6.07) is 16.3. The van der Waals surface area contributed by atoms with Gasteiger partial charge in [0.05, 0.1) is 12.7 Å². The van der Waals surface area contributed by atoms with Crippen molar-refractivity contribution in [2.45, 2.75) is 11.8 Å². The van der Waals surface area contributed by atoms with Gasteiger partial charge in [-0.2, -0.15) is 0 Å². The van der Waals surface area contributed by atoms with E-state index in [0.29, 0.717) is 0 Å². The highest BCUT2D eigenvalue weighted by atomic mass is 32.2. The maximum Gasteiger partial charge on any atom is 0.142 e. The third-order valence-corrected chi connectivity index (χ3v) is 4.35. The summed E-state index contributed by atoms with van der Waals surface area (Å²) in [6.45, 7) is 1.94. The lowest BCUT2D eigenvalue weighted by molar-refractivity contribution is 0.400. The summed E-state index contributed by atoms with van der Waals surface area (Å²) in [6.07, 6.45) is 2.07. The molecule has 0 spiro atoms. The second-order valence-corrected chi connectivity index (χ2v) is 5.80. The summed E-state index contributed by atoms with van der Waals surface area (Å²) in [7, 11) is 1.66. The molecule has 0 amide bonds. The normalized spacial score (nSPS) is 10.7. The molecule has 2 aromatic carbocycles. The number of hydrogen-bond donors (Lipinski definition) is 0. The minimum Gasteiger partial charge on any atom is -0.497 e. The molecule has 3 rings (SSSR count). The van der Waals surface area contributed by atoms with Crippen LogP contribution in [0.25, 0.3) is 22.4 Å². The average Bonchev–Trinajstić information content (AvgIpc) is 2.96. The van der Waals surface area contributed by atoms with Crippen molar-refractivity contribution in [3.8, 4) is 28.1 Å². The van der Waals surface area contributed by atoms with Crippen LogP contribution >= 0.6 is 11.8 Å². The Hall–Kier alpha value is -2.20. The van der Waals surface area contributed by atoms with Gasteiger partial charge in [-0.3, -0.25) is 0 Å². The van der Waals surface area contributed by atoms with Crippen molar-refractivity contribution in [1.29, 1.82) is 0 Å². The van der Waals surface area contributed by atoms with Crippen LogP contribution in [0.5, 0.6) is 5.75 Å². The summed E-state index contributed by atoms with van der Waals surface area (Å²) < 4.78 is 10.6. The number of aromatic nitrogens is 1. The van der Waals surface area contributed by atoms with E-state index in [1.165, 1.54) is 4.90 Å². The number of thioether (sulfide) groups is 1. The number of benzene rings is 2. The van der Waals surface area contributed by atoms with Crippen LogP contribution in [0.2, 0.25) is 0 Å². The van der Waals surface area contributed by atoms with Gasteiger partial charge in [0, 0.05) is 10.5 Å². The highest BCUT2D eigenvalue weighted by molar-refractivity contribution is 7.98. The first-order valence-corrected chi connectivity index (χ1v) is 8.20. The minimum atomic E-state index is 0.822. The lowest BCUT2D eigenvalue weighted by Gasteiger charge is -2.05. The number of ether oxygens (including phenoxy) is 1. The van der Waals surface area contributed by atoms with E-state index < -0.39 is 0 Å². The molecule has 0 aliphatic rings. The van der Waals surface area contributed by atoms with Gasteiger partial charge < -0.3 is 9.26 Å². The van der Waals surface area contributed by atoms with E-state index in [0.717, 1.165) is 33.9 Å². The van der Waals surface area contributed by atoms with Gasteiger partial charge in [-0.15, -0.1) is 11.8 Å². The second-order valence-electron chi connectivity index (χ2n) is 4.92. The Morgan fingerprint density at radius 1 is 0.955 bits per heavy atom. The molecule has 3 nitrogen and oxygen atoms in total. The van der Waals surface area contributed by atoms with Gasteiger partial charge in [-0.25, -0.2) is 0 Å². The zero-order valence-electron chi connectivity index (χ0n) is 12.8. The molecule has 0 bridgehead atoms. The molecule has 112 valence electrons. The van der Waals surface area contributed by atoms with Gasteiger partial charge >= 0.3 is 0 Å². The summed E-state index contributed by atoms with van der Waals surface area (Å²) in [5, 5.41) is 4.24. The van der Waals surface area contributed by atoms with Gasteiger partial charge in [-0.05, 0) is 55.1 Å². The molecule has 1 aromatic heterocycles. The Morgan fingerprint density at radius 3 is 2.18 bits per heavy atom. The van der Waals surface area contributed by atoms with Crippen molar-refractivity contribution in [2.75, 3.05) is 13.4 Å². The first-order chi connectivity index (χ1) is 10.7. The summed E-state index contributed by atoms with van der Waals surface area (Å²) in [4.78, 5) is 1.24. The van der Waals surface area contributed by atoms with Crippen molar-refractivity contribution in [3.05, 3.63) is 54.3 Å². The van der Waals surface area contributed by atoms with Crippen LogP contribution in [0.15, 0.2) is 57.9 Å². The average molecular weight is 311 g/mol. The third kappa shape index (κ3) is 2.74. The number of aryl methyl sites for hydroxylation is 1. The van der Waals surface area contributed by atoms with Crippen LogP contribution in [0, 0.1) is 6.92 Å². The maximum atomic E-state index is 5.43. The monoisotopic (exact) mass is 311 g/mol. The third-order valence-electron chi connectivity index (χ3n) is 3.60. The Bertz CT molecular complexity index is 761. The quantitative estimate of drug-likeness (QED) is 0.632. The first-order valence-electron chi connectivity index (χ1n) is 6.98. The molecule has 0 fully saturated rings. The largest absolute Gasteiger partial charge is 0.497 e. The zero-order chi connectivity index (χ0) is 15.5. The molecule has 0 saturated carbocycles. The molecule has 22 heavy (non-hydrogen) atoms. The number of nitrogens with zero attached hydrogens (tertiary/aromatic N) is 1. The molecule has 3 aromatic rings. The zero-order valence-corrected chi connectivity index (χ0v) is 13.6. The molecule has 0 aliphatic heterocycles. The topological polar surface area (TPSA) is 35.3 Å². The van der Waals surface area contributed by atoms with Gasteiger partial charge in [0.25, 0.3) is 0 Å². The van der Waals surface area contributed by atoms with Crippen LogP contribution in [0.1, 0.15) is 5.76 Å². The molecule has 0 N–H and O–H groups in total. The van der Waals surface area contributed by atoms with Gasteiger partial charge in [0.2, 0.25) is 0 Å². The Labute approximate surface area is 134 Å². The van der Waals surface area contributed by atoms with Crippen LogP contribution in [-0.2, 0) is 0 Å².